The summed E-state index contributed by atoms with van der Waals surface area (Å²) >= 11 is 5.89. The first-order valence-corrected chi connectivity index (χ1v) is 8.04. The Morgan fingerprint density at radius 3 is 2.85 bits per heavy atom. The topological polar surface area (TPSA) is 85.1 Å². The smallest absolute Gasteiger partial charge is 0.244 e. The maximum Gasteiger partial charge on any atom is 0.244 e. The lowest BCUT2D eigenvalue weighted by molar-refractivity contribution is 0.354. The van der Waals surface area contributed by atoms with Crippen LogP contribution in [0.2, 0.25) is 5.02 Å². The quantitative estimate of drug-likeness (QED) is 0.915. The molecule has 8 heteroatoms. The predicted molar refractivity (Wildman–Crippen MR) is 75.8 cm³/mol. The van der Waals surface area contributed by atoms with E-state index in [2.05, 4.69) is 14.9 Å². The van der Waals surface area contributed by atoms with Crippen molar-refractivity contribution in [2.75, 3.05) is 5.75 Å². The molecule has 1 aromatic carbocycles. The Balaban J connectivity index is 2.21. The van der Waals surface area contributed by atoms with Crippen LogP contribution in [0.1, 0.15) is 25.8 Å². The monoisotopic (exact) mass is 315 g/mol. The van der Waals surface area contributed by atoms with Crippen molar-refractivity contribution in [1.82, 2.24) is 14.9 Å². The molecule has 0 bridgehead atoms. The van der Waals surface area contributed by atoms with Crippen LogP contribution in [0.3, 0.4) is 0 Å². The standard InChI is InChI=1S/C12H14ClN3O3S/c1-3-20(17,18)16-8(2)12-14-11(15-19-12)9-5-4-6-10(13)7-9/h4-8,16H,3H2,1-2H3. The second kappa shape index (κ2) is 5.90. The lowest BCUT2D eigenvalue weighted by atomic mass is 10.2. The molecular formula is C12H14ClN3O3S. The maximum atomic E-state index is 11.5. The van der Waals surface area contributed by atoms with Gasteiger partial charge in [0.1, 0.15) is 0 Å². The van der Waals surface area contributed by atoms with Gasteiger partial charge in [0, 0.05) is 10.6 Å². The molecule has 0 aliphatic carbocycles. The second-order valence-corrected chi connectivity index (χ2v) is 6.69. The molecule has 0 saturated carbocycles. The molecule has 0 aliphatic heterocycles. The first kappa shape index (κ1) is 15.0. The number of hydrogen-bond donors (Lipinski definition) is 1. The minimum absolute atomic E-state index is 0.00731. The van der Waals surface area contributed by atoms with Crippen molar-refractivity contribution in [3.05, 3.63) is 35.2 Å². The Morgan fingerprint density at radius 2 is 2.20 bits per heavy atom. The Morgan fingerprint density at radius 1 is 1.45 bits per heavy atom. The van der Waals surface area contributed by atoms with Gasteiger partial charge in [0.05, 0.1) is 11.8 Å². The minimum Gasteiger partial charge on any atom is -0.337 e. The zero-order valence-corrected chi connectivity index (χ0v) is 12.6. The number of aromatic nitrogens is 2. The molecule has 0 saturated heterocycles. The molecule has 0 amide bonds. The van der Waals surface area contributed by atoms with E-state index >= 15 is 0 Å². The number of benzene rings is 1. The van der Waals surface area contributed by atoms with Gasteiger partial charge in [0.2, 0.25) is 21.7 Å². The van der Waals surface area contributed by atoms with Gasteiger partial charge in [-0.15, -0.1) is 0 Å². The normalized spacial score (nSPS) is 13.3. The van der Waals surface area contributed by atoms with E-state index in [4.69, 9.17) is 16.1 Å². The fraction of sp³-hybridized carbons (Fsp3) is 0.333. The molecule has 0 aliphatic rings. The molecule has 1 N–H and O–H groups in total. The van der Waals surface area contributed by atoms with Gasteiger partial charge in [-0.2, -0.15) is 4.98 Å². The first-order valence-electron chi connectivity index (χ1n) is 6.01. The molecule has 2 aromatic rings. The fourth-order valence-electron chi connectivity index (χ4n) is 1.56. The van der Waals surface area contributed by atoms with Crippen LogP contribution in [0.25, 0.3) is 11.4 Å². The molecule has 20 heavy (non-hydrogen) atoms. The average molecular weight is 316 g/mol. The van der Waals surface area contributed by atoms with Crippen LogP contribution in [-0.2, 0) is 10.0 Å². The third-order valence-corrected chi connectivity index (χ3v) is 4.34. The second-order valence-electron chi connectivity index (χ2n) is 4.21. The summed E-state index contributed by atoms with van der Waals surface area (Å²) in [5, 5.41) is 4.39. The summed E-state index contributed by atoms with van der Waals surface area (Å²) in [5.74, 6) is 0.564. The van der Waals surface area contributed by atoms with Crippen molar-refractivity contribution in [2.45, 2.75) is 19.9 Å². The summed E-state index contributed by atoms with van der Waals surface area (Å²) in [6.45, 7) is 3.20. The Hall–Kier alpha value is -1.44. The van der Waals surface area contributed by atoms with Gasteiger partial charge in [0.15, 0.2) is 0 Å². The molecule has 0 fully saturated rings. The van der Waals surface area contributed by atoms with Crippen molar-refractivity contribution in [3.63, 3.8) is 0 Å². The van der Waals surface area contributed by atoms with Gasteiger partial charge in [0.25, 0.3) is 0 Å². The Labute approximate surface area is 122 Å². The van der Waals surface area contributed by atoms with E-state index in [-0.39, 0.29) is 11.6 Å². The summed E-state index contributed by atoms with van der Waals surface area (Å²) < 4.78 is 30.5. The largest absolute Gasteiger partial charge is 0.337 e. The zero-order valence-electron chi connectivity index (χ0n) is 11.0. The SMILES string of the molecule is CCS(=O)(=O)NC(C)c1nc(-c2cccc(Cl)c2)no1. The van der Waals surface area contributed by atoms with Crippen LogP contribution in [0.5, 0.6) is 0 Å². The van der Waals surface area contributed by atoms with Crippen molar-refractivity contribution >= 4 is 21.6 Å². The molecule has 0 spiro atoms. The van der Waals surface area contributed by atoms with Crippen LogP contribution >= 0.6 is 11.6 Å². The third-order valence-electron chi connectivity index (χ3n) is 2.63. The maximum absolute atomic E-state index is 11.5. The van der Waals surface area contributed by atoms with Crippen LogP contribution in [-0.4, -0.2) is 24.3 Å². The molecule has 108 valence electrons. The fourth-order valence-corrected chi connectivity index (χ4v) is 2.56. The number of hydrogen-bond acceptors (Lipinski definition) is 5. The molecule has 2 rings (SSSR count). The Kier molecular flexibility index (Phi) is 4.42. The van der Waals surface area contributed by atoms with Crippen molar-refractivity contribution in [2.24, 2.45) is 0 Å². The van der Waals surface area contributed by atoms with Crippen molar-refractivity contribution < 1.29 is 12.9 Å². The van der Waals surface area contributed by atoms with Crippen LogP contribution in [0.4, 0.5) is 0 Å². The van der Waals surface area contributed by atoms with E-state index in [0.717, 1.165) is 0 Å². The Bertz CT molecular complexity index is 699. The van der Waals surface area contributed by atoms with Crippen molar-refractivity contribution in [1.29, 1.82) is 0 Å². The highest BCUT2D eigenvalue weighted by atomic mass is 35.5. The number of halogens is 1. The molecule has 1 heterocycles. The highest BCUT2D eigenvalue weighted by Gasteiger charge is 2.19. The lowest BCUT2D eigenvalue weighted by Gasteiger charge is -2.08. The average Bonchev–Trinajstić information content (AvgIpc) is 2.88. The number of sulfonamides is 1. The number of nitrogens with one attached hydrogen (secondary N) is 1. The molecular weight excluding hydrogens is 302 g/mol. The van der Waals surface area contributed by atoms with E-state index in [1.807, 2.05) is 0 Å². The van der Waals surface area contributed by atoms with Crippen LogP contribution in [0, 0.1) is 0 Å². The van der Waals surface area contributed by atoms with Gasteiger partial charge < -0.3 is 4.52 Å². The van der Waals surface area contributed by atoms with E-state index in [0.29, 0.717) is 16.4 Å². The summed E-state index contributed by atoms with van der Waals surface area (Å²) in [6.07, 6.45) is 0. The molecule has 6 nitrogen and oxygen atoms in total. The van der Waals surface area contributed by atoms with E-state index in [1.54, 1.807) is 38.1 Å². The molecule has 0 radical (unpaired) electrons. The van der Waals surface area contributed by atoms with E-state index in [1.165, 1.54) is 0 Å². The number of rotatable bonds is 5. The summed E-state index contributed by atoms with van der Waals surface area (Å²) in [6, 6.07) is 6.43. The van der Waals surface area contributed by atoms with Gasteiger partial charge in [-0.25, -0.2) is 13.1 Å². The highest BCUT2D eigenvalue weighted by Crippen LogP contribution is 2.21. The minimum atomic E-state index is -3.33. The van der Waals surface area contributed by atoms with E-state index in [9.17, 15) is 8.42 Å². The molecule has 1 atom stereocenters. The van der Waals surface area contributed by atoms with Gasteiger partial charge >= 0.3 is 0 Å². The summed E-state index contributed by atoms with van der Waals surface area (Å²) in [4.78, 5) is 4.18. The summed E-state index contributed by atoms with van der Waals surface area (Å²) in [7, 11) is -3.33. The third kappa shape index (κ3) is 3.56. The first-order chi connectivity index (χ1) is 9.41. The van der Waals surface area contributed by atoms with Crippen LogP contribution < -0.4 is 4.72 Å². The zero-order chi connectivity index (χ0) is 14.8. The van der Waals surface area contributed by atoms with Gasteiger partial charge in [-0.05, 0) is 26.0 Å². The van der Waals surface area contributed by atoms with E-state index < -0.39 is 16.1 Å². The van der Waals surface area contributed by atoms with Crippen molar-refractivity contribution in [3.8, 4) is 11.4 Å². The predicted octanol–water partition coefficient (Wildman–Crippen LogP) is 2.39. The van der Waals surface area contributed by atoms with Gasteiger partial charge in [-0.1, -0.05) is 28.9 Å². The number of nitrogens with zero attached hydrogens (tertiary/aromatic N) is 2. The summed E-state index contributed by atoms with van der Waals surface area (Å²) in [5.41, 5.74) is 0.707. The highest BCUT2D eigenvalue weighted by molar-refractivity contribution is 7.89. The lowest BCUT2D eigenvalue weighted by Crippen LogP contribution is -2.28. The molecule has 1 aromatic heterocycles. The molecule has 1 unspecified atom stereocenters. The van der Waals surface area contributed by atoms with Crippen LogP contribution in [0.15, 0.2) is 28.8 Å². The van der Waals surface area contributed by atoms with Gasteiger partial charge in [-0.3, -0.25) is 0 Å².